The van der Waals surface area contributed by atoms with E-state index in [1.165, 1.54) is 0 Å². The van der Waals surface area contributed by atoms with Gasteiger partial charge in [-0.2, -0.15) is 0 Å². The first-order valence-electron chi connectivity index (χ1n) is 6.13. The second-order valence-corrected chi connectivity index (χ2v) is 4.50. The van der Waals surface area contributed by atoms with Crippen LogP contribution in [-0.4, -0.2) is 77.4 Å². The van der Waals surface area contributed by atoms with Crippen LogP contribution >= 0.6 is 0 Å². The molecule has 0 aliphatic carbocycles. The second-order valence-electron chi connectivity index (χ2n) is 4.50. The van der Waals surface area contributed by atoms with Gasteiger partial charge < -0.3 is 20.4 Å². The fourth-order valence-electron chi connectivity index (χ4n) is 1.93. The highest BCUT2D eigenvalue weighted by atomic mass is 16.4. The summed E-state index contributed by atoms with van der Waals surface area (Å²) in [6.45, 7) is 5.11. The summed E-state index contributed by atoms with van der Waals surface area (Å²) in [5, 5.41) is 20.1. The number of carbonyl (C=O) groups is 2. The summed E-state index contributed by atoms with van der Waals surface area (Å²) in [4.78, 5) is 26.1. The number of β-amino-alcohol motifs (C(OH)–C–C–N with tert-alkyl or cyclic N) is 1. The zero-order valence-corrected chi connectivity index (χ0v) is 10.6. The van der Waals surface area contributed by atoms with Crippen LogP contribution in [0.1, 0.15) is 13.3 Å². The van der Waals surface area contributed by atoms with Crippen molar-refractivity contribution in [1.29, 1.82) is 0 Å². The van der Waals surface area contributed by atoms with Crippen molar-refractivity contribution in [3.8, 4) is 0 Å². The van der Waals surface area contributed by atoms with E-state index in [1.54, 1.807) is 11.8 Å². The lowest BCUT2D eigenvalue weighted by Crippen LogP contribution is -2.53. The molecule has 1 unspecified atom stereocenters. The minimum Gasteiger partial charge on any atom is -0.481 e. The number of carbonyl (C=O) groups excluding carboxylic acids is 1. The van der Waals surface area contributed by atoms with E-state index in [0.717, 1.165) is 13.1 Å². The summed E-state index contributed by atoms with van der Waals surface area (Å²) in [5.74, 6) is -0.921. The number of aliphatic hydroxyl groups excluding tert-OH is 1. The quantitative estimate of drug-likeness (QED) is 0.599. The van der Waals surface area contributed by atoms with E-state index in [-0.39, 0.29) is 25.1 Å². The SMILES string of the molecule is CC(CC(=O)O)NC(=O)N1CCN(CCO)CC1. The smallest absolute Gasteiger partial charge is 0.317 e. The van der Waals surface area contributed by atoms with Crippen LogP contribution in [0.15, 0.2) is 0 Å². The predicted octanol–water partition coefficient (Wildman–Crippen LogP) is -0.831. The number of hydrogen-bond donors (Lipinski definition) is 3. The molecule has 104 valence electrons. The number of amides is 2. The molecular weight excluding hydrogens is 238 g/mol. The van der Waals surface area contributed by atoms with Crippen molar-refractivity contribution in [1.82, 2.24) is 15.1 Å². The molecule has 0 aromatic heterocycles. The maximum absolute atomic E-state index is 11.8. The molecule has 1 heterocycles. The Bertz CT molecular complexity index is 290. The molecule has 18 heavy (non-hydrogen) atoms. The summed E-state index contributed by atoms with van der Waals surface area (Å²) >= 11 is 0. The van der Waals surface area contributed by atoms with Gasteiger partial charge in [0.25, 0.3) is 0 Å². The maximum Gasteiger partial charge on any atom is 0.317 e. The van der Waals surface area contributed by atoms with Gasteiger partial charge in [0, 0.05) is 38.8 Å². The lowest BCUT2D eigenvalue weighted by Gasteiger charge is -2.34. The number of hydrogen-bond acceptors (Lipinski definition) is 4. The number of aliphatic hydroxyl groups is 1. The normalized spacial score (nSPS) is 18.4. The maximum atomic E-state index is 11.8. The van der Waals surface area contributed by atoms with Gasteiger partial charge in [0.15, 0.2) is 0 Å². The number of aliphatic carboxylic acids is 1. The van der Waals surface area contributed by atoms with E-state index < -0.39 is 5.97 Å². The van der Waals surface area contributed by atoms with Gasteiger partial charge >= 0.3 is 12.0 Å². The van der Waals surface area contributed by atoms with E-state index in [1.807, 2.05) is 0 Å². The number of nitrogens with one attached hydrogen (secondary N) is 1. The Morgan fingerprint density at radius 3 is 2.39 bits per heavy atom. The second kappa shape index (κ2) is 7.17. The average molecular weight is 259 g/mol. The minimum atomic E-state index is -0.921. The molecule has 0 spiro atoms. The van der Waals surface area contributed by atoms with Gasteiger partial charge in [0.1, 0.15) is 0 Å². The molecule has 0 aromatic carbocycles. The van der Waals surface area contributed by atoms with Crippen LogP contribution in [0.3, 0.4) is 0 Å². The molecule has 1 saturated heterocycles. The number of rotatable bonds is 5. The Morgan fingerprint density at radius 2 is 1.89 bits per heavy atom. The van der Waals surface area contributed by atoms with Gasteiger partial charge in [-0.15, -0.1) is 0 Å². The van der Waals surface area contributed by atoms with Crippen LogP contribution in [0.5, 0.6) is 0 Å². The van der Waals surface area contributed by atoms with Crippen LogP contribution in [0, 0.1) is 0 Å². The number of urea groups is 1. The van der Waals surface area contributed by atoms with Crippen LogP contribution in [-0.2, 0) is 4.79 Å². The summed E-state index contributed by atoms with van der Waals surface area (Å²) in [6.07, 6.45) is -0.0732. The van der Waals surface area contributed by atoms with Gasteiger partial charge in [0.2, 0.25) is 0 Å². The van der Waals surface area contributed by atoms with E-state index in [2.05, 4.69) is 10.2 Å². The first kappa shape index (κ1) is 14.7. The third-order valence-corrected chi connectivity index (χ3v) is 2.93. The number of carboxylic acid groups (broad SMARTS) is 1. The predicted molar refractivity (Wildman–Crippen MR) is 65.3 cm³/mol. The van der Waals surface area contributed by atoms with E-state index >= 15 is 0 Å². The molecule has 0 saturated carbocycles. The van der Waals surface area contributed by atoms with Gasteiger partial charge in [-0.3, -0.25) is 9.69 Å². The third-order valence-electron chi connectivity index (χ3n) is 2.93. The van der Waals surface area contributed by atoms with Crippen LogP contribution < -0.4 is 5.32 Å². The molecule has 0 aromatic rings. The highest BCUT2D eigenvalue weighted by Crippen LogP contribution is 2.02. The van der Waals surface area contributed by atoms with Crippen molar-refractivity contribution in [2.24, 2.45) is 0 Å². The summed E-state index contributed by atoms with van der Waals surface area (Å²) in [5.41, 5.74) is 0. The standard InChI is InChI=1S/C11H21N3O4/c1-9(8-10(16)17)12-11(18)14-4-2-13(3-5-14)6-7-15/h9,15H,2-8H2,1H3,(H,12,18)(H,16,17). The summed E-state index contributed by atoms with van der Waals surface area (Å²) in [6, 6.07) is -0.585. The fourth-order valence-corrected chi connectivity index (χ4v) is 1.93. The number of nitrogens with zero attached hydrogens (tertiary/aromatic N) is 2. The zero-order chi connectivity index (χ0) is 13.5. The molecule has 1 atom stereocenters. The topological polar surface area (TPSA) is 93.1 Å². The average Bonchev–Trinajstić information content (AvgIpc) is 2.29. The Labute approximate surface area is 106 Å². The fraction of sp³-hybridized carbons (Fsp3) is 0.818. The van der Waals surface area contributed by atoms with Crippen molar-refractivity contribution < 1.29 is 19.8 Å². The zero-order valence-electron chi connectivity index (χ0n) is 10.6. The van der Waals surface area contributed by atoms with E-state index in [0.29, 0.717) is 19.6 Å². The molecule has 1 aliphatic rings. The molecule has 1 fully saturated rings. The Morgan fingerprint density at radius 1 is 1.28 bits per heavy atom. The lowest BCUT2D eigenvalue weighted by molar-refractivity contribution is -0.137. The molecule has 7 nitrogen and oxygen atoms in total. The molecule has 1 rings (SSSR count). The van der Waals surface area contributed by atoms with Gasteiger partial charge in [-0.05, 0) is 6.92 Å². The van der Waals surface area contributed by atoms with Crippen molar-refractivity contribution in [3.05, 3.63) is 0 Å². The third kappa shape index (κ3) is 4.89. The highest BCUT2D eigenvalue weighted by Gasteiger charge is 2.22. The van der Waals surface area contributed by atoms with Gasteiger partial charge in [0.05, 0.1) is 13.0 Å². The summed E-state index contributed by atoms with van der Waals surface area (Å²) < 4.78 is 0. The molecule has 0 bridgehead atoms. The van der Waals surface area contributed by atoms with Crippen molar-refractivity contribution in [2.45, 2.75) is 19.4 Å². The Kier molecular flexibility index (Phi) is 5.87. The van der Waals surface area contributed by atoms with Crippen molar-refractivity contribution >= 4 is 12.0 Å². The van der Waals surface area contributed by atoms with Gasteiger partial charge in [-0.25, -0.2) is 4.79 Å². The Hall–Kier alpha value is -1.34. The monoisotopic (exact) mass is 259 g/mol. The minimum absolute atomic E-state index is 0.0732. The van der Waals surface area contributed by atoms with E-state index in [9.17, 15) is 9.59 Å². The molecule has 0 radical (unpaired) electrons. The number of piperazine rings is 1. The summed E-state index contributed by atoms with van der Waals surface area (Å²) in [7, 11) is 0. The number of carboxylic acids is 1. The molecule has 3 N–H and O–H groups in total. The lowest BCUT2D eigenvalue weighted by atomic mass is 10.2. The molecule has 7 heteroatoms. The van der Waals surface area contributed by atoms with Gasteiger partial charge in [-0.1, -0.05) is 0 Å². The first-order valence-corrected chi connectivity index (χ1v) is 6.13. The van der Waals surface area contributed by atoms with Crippen molar-refractivity contribution in [2.75, 3.05) is 39.3 Å². The van der Waals surface area contributed by atoms with Crippen LogP contribution in [0.2, 0.25) is 0 Å². The highest BCUT2D eigenvalue weighted by molar-refractivity contribution is 5.76. The van der Waals surface area contributed by atoms with Crippen LogP contribution in [0.25, 0.3) is 0 Å². The molecule has 1 aliphatic heterocycles. The first-order chi connectivity index (χ1) is 8.52. The van der Waals surface area contributed by atoms with Crippen LogP contribution in [0.4, 0.5) is 4.79 Å². The van der Waals surface area contributed by atoms with E-state index in [4.69, 9.17) is 10.2 Å². The Balaban J connectivity index is 2.29. The largest absolute Gasteiger partial charge is 0.481 e. The molecular formula is C11H21N3O4. The molecule has 2 amide bonds. The van der Waals surface area contributed by atoms with Crippen molar-refractivity contribution in [3.63, 3.8) is 0 Å².